The van der Waals surface area contributed by atoms with Gasteiger partial charge >= 0.3 is 6.09 Å². The van der Waals surface area contributed by atoms with Gasteiger partial charge in [-0.1, -0.05) is 29.8 Å². The maximum absolute atomic E-state index is 12.1. The molecule has 0 atom stereocenters. The molecule has 6 nitrogen and oxygen atoms in total. The first kappa shape index (κ1) is 22.0. The largest absolute Gasteiger partial charge is 0.444 e. The summed E-state index contributed by atoms with van der Waals surface area (Å²) < 4.78 is 5.41. The monoisotopic (exact) mass is 444 g/mol. The second-order valence-corrected chi connectivity index (χ2v) is 10.8. The van der Waals surface area contributed by atoms with Crippen molar-refractivity contribution in [1.29, 1.82) is 0 Å². The van der Waals surface area contributed by atoms with Crippen molar-refractivity contribution in [2.24, 2.45) is 10.8 Å². The van der Waals surface area contributed by atoms with Crippen molar-refractivity contribution in [2.75, 3.05) is 24.1 Å². The van der Waals surface area contributed by atoms with E-state index in [0.717, 1.165) is 61.7 Å². The number of anilines is 2. The number of hydrogen-bond donors (Lipinski definition) is 3. The van der Waals surface area contributed by atoms with Crippen molar-refractivity contribution in [3.05, 3.63) is 29.4 Å². The van der Waals surface area contributed by atoms with Gasteiger partial charge in [-0.15, -0.1) is 0 Å². The highest BCUT2D eigenvalue weighted by molar-refractivity contribution is 6.33. The Morgan fingerprint density at radius 2 is 1.68 bits per heavy atom. The first-order chi connectivity index (χ1) is 14.6. The lowest BCUT2D eigenvalue weighted by atomic mass is 9.53. The number of pyridine rings is 1. The summed E-state index contributed by atoms with van der Waals surface area (Å²) in [6, 6.07) is 7.94. The second-order valence-electron chi connectivity index (χ2n) is 10.4. The maximum Gasteiger partial charge on any atom is 0.407 e. The molecule has 1 aromatic heterocycles. The molecule has 1 heterocycles. The summed E-state index contributed by atoms with van der Waals surface area (Å²) in [4.78, 5) is 16.5. The van der Waals surface area contributed by atoms with Crippen molar-refractivity contribution < 1.29 is 9.53 Å². The fraction of sp³-hybridized carbons (Fsp3) is 0.583. The van der Waals surface area contributed by atoms with E-state index in [9.17, 15) is 4.79 Å². The first-order valence-electron chi connectivity index (χ1n) is 11.2. The highest BCUT2D eigenvalue weighted by Crippen LogP contribution is 2.56. The summed E-state index contributed by atoms with van der Waals surface area (Å²) in [7, 11) is 0. The number of carbonyl (C=O) groups is 1. The molecule has 0 spiro atoms. The third-order valence-electron chi connectivity index (χ3n) is 7.09. The molecule has 7 heteroatoms. The number of amides is 1. The number of aromatic nitrogens is 1. The molecule has 2 bridgehead atoms. The first-order valence-corrected chi connectivity index (χ1v) is 11.5. The fourth-order valence-corrected chi connectivity index (χ4v) is 5.29. The number of nitrogen functional groups attached to an aromatic ring is 1. The van der Waals surface area contributed by atoms with Gasteiger partial charge in [0.25, 0.3) is 0 Å². The third kappa shape index (κ3) is 4.69. The Hall–Kier alpha value is -2.21. The van der Waals surface area contributed by atoms with Crippen LogP contribution in [-0.4, -0.2) is 29.8 Å². The third-order valence-corrected chi connectivity index (χ3v) is 7.38. The Morgan fingerprint density at radius 3 is 2.29 bits per heavy atom. The molecule has 31 heavy (non-hydrogen) atoms. The molecule has 3 aliphatic rings. The van der Waals surface area contributed by atoms with Gasteiger partial charge in [0.15, 0.2) is 5.15 Å². The number of carbonyl (C=O) groups excluding carboxylic acids is 1. The van der Waals surface area contributed by atoms with Crippen LogP contribution in [0.3, 0.4) is 0 Å². The quantitative estimate of drug-likeness (QED) is 0.511. The number of fused-ring (bicyclic) bond motifs is 4. The number of nitrogens with zero attached hydrogens (tertiary/aromatic N) is 1. The van der Waals surface area contributed by atoms with Gasteiger partial charge < -0.3 is 21.1 Å². The summed E-state index contributed by atoms with van der Waals surface area (Å²) in [5.74, 6) is 0. The van der Waals surface area contributed by atoms with Gasteiger partial charge in [0.2, 0.25) is 0 Å². The lowest BCUT2D eigenvalue weighted by Gasteiger charge is -2.53. The molecular weight excluding hydrogens is 412 g/mol. The van der Waals surface area contributed by atoms with Crippen molar-refractivity contribution in [3.63, 3.8) is 0 Å². The Bertz CT molecular complexity index is 961. The predicted molar refractivity (Wildman–Crippen MR) is 126 cm³/mol. The Balaban J connectivity index is 1.39. The molecule has 1 amide bonds. The number of halogens is 1. The van der Waals surface area contributed by atoms with E-state index in [1.807, 2.05) is 45.0 Å². The molecule has 0 unspecified atom stereocenters. The average molecular weight is 445 g/mol. The zero-order valence-electron chi connectivity index (χ0n) is 18.7. The Kier molecular flexibility index (Phi) is 5.71. The minimum Gasteiger partial charge on any atom is -0.444 e. The van der Waals surface area contributed by atoms with E-state index in [1.54, 1.807) is 0 Å². The van der Waals surface area contributed by atoms with Crippen molar-refractivity contribution in [1.82, 2.24) is 10.3 Å². The molecule has 4 N–H and O–H groups in total. The number of nitrogens with one attached hydrogen (secondary N) is 2. The van der Waals surface area contributed by atoms with Crippen molar-refractivity contribution >= 4 is 40.0 Å². The zero-order valence-corrected chi connectivity index (χ0v) is 19.4. The average Bonchev–Trinajstić information content (AvgIpc) is 2.73. The number of benzene rings is 1. The van der Waals surface area contributed by atoms with E-state index in [-0.39, 0.29) is 16.9 Å². The zero-order chi connectivity index (χ0) is 22.3. The standard InChI is InChI=1S/C24H33ClN4O2/c1-22(2,3)31-21(30)28-15-24-11-8-23(9-12-24,10-13-24)14-27-19-16-6-4-5-7-17(16)29-20(25)18(19)26/h4-7H,8-15,26H2,1-3H3,(H,27,29)(H,28,30). The van der Waals surface area contributed by atoms with Gasteiger partial charge in [-0.3, -0.25) is 0 Å². The topological polar surface area (TPSA) is 89.3 Å². The number of alkyl carbamates (subject to hydrolysis) is 1. The minimum absolute atomic E-state index is 0.199. The van der Waals surface area contributed by atoms with Crippen LogP contribution in [-0.2, 0) is 4.74 Å². The molecular formula is C24H33ClN4O2. The van der Waals surface area contributed by atoms with E-state index in [2.05, 4.69) is 15.6 Å². The molecule has 2 aromatic rings. The predicted octanol–water partition coefficient (Wildman–Crippen LogP) is 5.75. The van der Waals surface area contributed by atoms with E-state index < -0.39 is 5.60 Å². The number of nitrogens with two attached hydrogens (primary N) is 1. The van der Waals surface area contributed by atoms with Crippen LogP contribution in [0, 0.1) is 10.8 Å². The van der Waals surface area contributed by atoms with Crippen LogP contribution < -0.4 is 16.4 Å². The van der Waals surface area contributed by atoms with Crippen LogP contribution >= 0.6 is 11.6 Å². The van der Waals surface area contributed by atoms with Gasteiger partial charge in [-0.2, -0.15) is 0 Å². The van der Waals surface area contributed by atoms with Gasteiger partial charge in [0, 0.05) is 18.5 Å². The van der Waals surface area contributed by atoms with Crippen LogP contribution in [0.4, 0.5) is 16.2 Å². The van der Waals surface area contributed by atoms with E-state index in [0.29, 0.717) is 17.4 Å². The van der Waals surface area contributed by atoms with Gasteiger partial charge in [-0.25, -0.2) is 9.78 Å². The number of ether oxygens (including phenoxy) is 1. The lowest BCUT2D eigenvalue weighted by Crippen LogP contribution is -2.50. The van der Waals surface area contributed by atoms with Crippen LogP contribution in [0.15, 0.2) is 24.3 Å². The molecule has 168 valence electrons. The smallest absolute Gasteiger partial charge is 0.407 e. The van der Waals surface area contributed by atoms with Crippen LogP contribution in [0.5, 0.6) is 0 Å². The van der Waals surface area contributed by atoms with E-state index in [1.165, 1.54) is 0 Å². The minimum atomic E-state index is -0.469. The number of rotatable bonds is 5. The summed E-state index contributed by atoms with van der Waals surface area (Å²) in [5, 5.41) is 8.00. The summed E-state index contributed by atoms with van der Waals surface area (Å²) in [5.41, 5.74) is 8.52. The summed E-state index contributed by atoms with van der Waals surface area (Å²) in [6.45, 7) is 7.23. The van der Waals surface area contributed by atoms with Gasteiger partial charge in [-0.05, 0) is 76.2 Å². The van der Waals surface area contributed by atoms with Crippen molar-refractivity contribution in [2.45, 2.75) is 64.9 Å². The summed E-state index contributed by atoms with van der Waals surface area (Å²) in [6.07, 6.45) is 6.49. The molecule has 5 rings (SSSR count). The molecule has 0 saturated heterocycles. The van der Waals surface area contributed by atoms with Gasteiger partial charge in [0.1, 0.15) is 5.60 Å². The molecule has 1 aromatic carbocycles. The molecule has 3 aliphatic carbocycles. The lowest BCUT2D eigenvalue weighted by molar-refractivity contribution is -0.00356. The van der Waals surface area contributed by atoms with Crippen molar-refractivity contribution in [3.8, 4) is 0 Å². The molecule has 0 radical (unpaired) electrons. The fourth-order valence-electron chi connectivity index (χ4n) is 5.11. The van der Waals surface area contributed by atoms with Crippen LogP contribution in [0.2, 0.25) is 5.15 Å². The highest BCUT2D eigenvalue weighted by Gasteiger charge is 2.48. The molecule has 3 fully saturated rings. The summed E-state index contributed by atoms with van der Waals surface area (Å²) >= 11 is 6.29. The van der Waals surface area contributed by atoms with E-state index in [4.69, 9.17) is 22.1 Å². The van der Waals surface area contributed by atoms with E-state index >= 15 is 0 Å². The van der Waals surface area contributed by atoms with Crippen LogP contribution in [0.1, 0.15) is 59.3 Å². The maximum atomic E-state index is 12.1. The normalized spacial score (nSPS) is 25.4. The Labute approximate surface area is 189 Å². The van der Waals surface area contributed by atoms with Gasteiger partial charge in [0.05, 0.1) is 16.9 Å². The Morgan fingerprint density at radius 1 is 1.10 bits per heavy atom. The number of hydrogen-bond acceptors (Lipinski definition) is 5. The molecule has 0 aliphatic heterocycles. The SMILES string of the molecule is CC(C)(C)OC(=O)NCC12CCC(CNc3c(N)c(Cl)nc4ccccc34)(CC1)CC2. The number of para-hydroxylation sites is 1. The molecule has 3 saturated carbocycles. The van der Waals surface area contributed by atoms with Crippen LogP contribution in [0.25, 0.3) is 10.9 Å². The highest BCUT2D eigenvalue weighted by atomic mass is 35.5. The second kappa shape index (κ2) is 8.05.